The molecule has 0 aliphatic carbocycles. The van der Waals surface area contributed by atoms with Gasteiger partial charge in [0.25, 0.3) is 0 Å². The van der Waals surface area contributed by atoms with Crippen molar-refractivity contribution in [1.82, 2.24) is 0 Å². The van der Waals surface area contributed by atoms with Crippen LogP contribution in [0.1, 0.15) is 26.3 Å². The molecular formula is C18H22O5. The molecule has 0 amide bonds. The van der Waals surface area contributed by atoms with Crippen molar-refractivity contribution >= 4 is 18.0 Å². The third-order valence-electron chi connectivity index (χ3n) is 2.76. The van der Waals surface area contributed by atoms with Gasteiger partial charge in [0.1, 0.15) is 17.9 Å². The summed E-state index contributed by atoms with van der Waals surface area (Å²) in [6, 6.07) is 7.04. The van der Waals surface area contributed by atoms with Crippen molar-refractivity contribution in [1.29, 1.82) is 0 Å². The largest absolute Gasteiger partial charge is 0.490 e. The molecule has 0 bridgehead atoms. The Bertz CT molecular complexity index is 550. The Morgan fingerprint density at radius 3 is 2.04 bits per heavy atom. The fourth-order valence-corrected chi connectivity index (χ4v) is 1.69. The molecule has 5 heteroatoms. The van der Waals surface area contributed by atoms with Gasteiger partial charge in [0.2, 0.25) is 0 Å². The quantitative estimate of drug-likeness (QED) is 0.242. The first-order chi connectivity index (χ1) is 11.1. The normalized spacial score (nSPS) is 10.2. The molecule has 0 aromatic heterocycles. The van der Waals surface area contributed by atoms with Gasteiger partial charge < -0.3 is 14.2 Å². The van der Waals surface area contributed by atoms with Gasteiger partial charge in [-0.1, -0.05) is 24.3 Å². The number of allylic oxidation sites excluding steroid dienone is 1. The van der Waals surface area contributed by atoms with E-state index in [2.05, 4.69) is 0 Å². The second-order valence-electron chi connectivity index (χ2n) is 4.45. The van der Waals surface area contributed by atoms with Crippen LogP contribution < -0.4 is 4.74 Å². The van der Waals surface area contributed by atoms with Gasteiger partial charge in [-0.05, 0) is 44.5 Å². The highest BCUT2D eigenvalue weighted by atomic mass is 16.6. The highest BCUT2D eigenvalue weighted by Gasteiger charge is 2.20. The molecule has 1 aromatic carbocycles. The maximum Gasteiger partial charge on any atom is 0.345 e. The second-order valence-corrected chi connectivity index (χ2v) is 4.45. The van der Waals surface area contributed by atoms with E-state index in [4.69, 9.17) is 14.2 Å². The van der Waals surface area contributed by atoms with Gasteiger partial charge >= 0.3 is 11.9 Å². The zero-order valence-corrected chi connectivity index (χ0v) is 13.7. The molecule has 1 aromatic rings. The van der Waals surface area contributed by atoms with Gasteiger partial charge in [-0.25, -0.2) is 9.59 Å². The van der Waals surface area contributed by atoms with Gasteiger partial charge in [0.05, 0.1) is 13.2 Å². The van der Waals surface area contributed by atoms with Crippen molar-refractivity contribution < 1.29 is 23.8 Å². The summed E-state index contributed by atoms with van der Waals surface area (Å²) in [7, 11) is 0. The molecule has 0 spiro atoms. The van der Waals surface area contributed by atoms with E-state index in [9.17, 15) is 9.59 Å². The van der Waals surface area contributed by atoms with Crippen LogP contribution in [0.15, 0.2) is 42.0 Å². The molecule has 124 valence electrons. The molecule has 0 N–H and O–H groups in total. The summed E-state index contributed by atoms with van der Waals surface area (Å²) in [4.78, 5) is 23.8. The van der Waals surface area contributed by atoms with Crippen LogP contribution in [0.25, 0.3) is 6.08 Å². The first-order valence-corrected chi connectivity index (χ1v) is 7.52. The van der Waals surface area contributed by atoms with E-state index in [1.165, 1.54) is 6.08 Å². The molecule has 0 radical (unpaired) electrons. The summed E-state index contributed by atoms with van der Waals surface area (Å²) >= 11 is 0. The summed E-state index contributed by atoms with van der Waals surface area (Å²) < 4.78 is 15.3. The minimum absolute atomic E-state index is 0.128. The van der Waals surface area contributed by atoms with E-state index in [1.54, 1.807) is 38.1 Å². The maximum absolute atomic E-state index is 11.9. The topological polar surface area (TPSA) is 61.8 Å². The van der Waals surface area contributed by atoms with Crippen LogP contribution >= 0.6 is 0 Å². The van der Waals surface area contributed by atoms with E-state index < -0.39 is 11.9 Å². The Hall–Kier alpha value is -2.56. The van der Waals surface area contributed by atoms with Gasteiger partial charge in [0.15, 0.2) is 0 Å². The molecule has 0 unspecified atom stereocenters. The predicted octanol–water partition coefficient (Wildman–Crippen LogP) is 3.15. The van der Waals surface area contributed by atoms with Crippen LogP contribution in [0.3, 0.4) is 0 Å². The second kappa shape index (κ2) is 10.2. The average molecular weight is 318 g/mol. The lowest BCUT2D eigenvalue weighted by Gasteiger charge is -2.07. The van der Waals surface area contributed by atoms with Gasteiger partial charge in [0, 0.05) is 0 Å². The molecular weight excluding hydrogens is 296 g/mol. The SMILES string of the molecule is CC=CCOc1ccc(C=C(C(=O)OCC)C(=O)OCC)cc1. The lowest BCUT2D eigenvalue weighted by Crippen LogP contribution is -2.18. The summed E-state index contributed by atoms with van der Waals surface area (Å²) in [5.41, 5.74) is 0.552. The van der Waals surface area contributed by atoms with Crippen LogP contribution in [0, 0.1) is 0 Å². The third-order valence-corrected chi connectivity index (χ3v) is 2.76. The van der Waals surface area contributed by atoms with Crippen molar-refractivity contribution in [2.75, 3.05) is 19.8 Å². The lowest BCUT2D eigenvalue weighted by molar-refractivity contribution is -0.146. The summed E-state index contributed by atoms with van der Waals surface area (Å²) in [6.45, 7) is 6.14. The van der Waals surface area contributed by atoms with Crippen molar-refractivity contribution in [2.45, 2.75) is 20.8 Å². The van der Waals surface area contributed by atoms with Gasteiger partial charge in [-0.15, -0.1) is 0 Å². The number of hydrogen-bond acceptors (Lipinski definition) is 5. The number of benzene rings is 1. The molecule has 0 saturated heterocycles. The predicted molar refractivity (Wildman–Crippen MR) is 88.0 cm³/mol. The highest BCUT2D eigenvalue weighted by Crippen LogP contribution is 2.16. The molecule has 0 aliphatic rings. The molecule has 5 nitrogen and oxygen atoms in total. The Labute approximate surface area is 136 Å². The number of esters is 2. The van der Waals surface area contributed by atoms with Crippen LogP contribution in [-0.4, -0.2) is 31.8 Å². The smallest absolute Gasteiger partial charge is 0.345 e. The number of ether oxygens (including phenoxy) is 3. The number of rotatable bonds is 8. The lowest BCUT2D eigenvalue weighted by atomic mass is 10.1. The molecule has 1 rings (SSSR count). The average Bonchev–Trinajstić information content (AvgIpc) is 2.54. The molecule has 0 aliphatic heterocycles. The van der Waals surface area contributed by atoms with E-state index in [-0.39, 0.29) is 18.8 Å². The number of carbonyl (C=O) groups excluding carboxylic acids is 2. The fourth-order valence-electron chi connectivity index (χ4n) is 1.69. The molecule has 0 fully saturated rings. The molecule has 0 saturated carbocycles. The van der Waals surface area contributed by atoms with Crippen molar-refractivity contribution in [3.63, 3.8) is 0 Å². The molecule has 23 heavy (non-hydrogen) atoms. The first-order valence-electron chi connectivity index (χ1n) is 7.52. The van der Waals surface area contributed by atoms with E-state index >= 15 is 0 Å². The van der Waals surface area contributed by atoms with Gasteiger partial charge in [-0.2, -0.15) is 0 Å². The van der Waals surface area contributed by atoms with Crippen molar-refractivity contribution in [2.24, 2.45) is 0 Å². The molecule has 0 atom stereocenters. The summed E-state index contributed by atoms with van der Waals surface area (Å²) in [5.74, 6) is -0.687. The number of hydrogen-bond donors (Lipinski definition) is 0. The molecule has 0 heterocycles. The summed E-state index contributed by atoms with van der Waals surface area (Å²) in [5, 5.41) is 0. The summed E-state index contributed by atoms with van der Waals surface area (Å²) in [6.07, 6.45) is 5.25. The van der Waals surface area contributed by atoms with E-state index in [0.29, 0.717) is 17.9 Å². The van der Waals surface area contributed by atoms with E-state index in [1.807, 2.05) is 19.1 Å². The van der Waals surface area contributed by atoms with Crippen molar-refractivity contribution in [3.8, 4) is 5.75 Å². The van der Waals surface area contributed by atoms with Crippen LogP contribution in [0.5, 0.6) is 5.75 Å². The third kappa shape index (κ3) is 6.38. The minimum atomic E-state index is -0.695. The van der Waals surface area contributed by atoms with Crippen molar-refractivity contribution in [3.05, 3.63) is 47.6 Å². The van der Waals surface area contributed by atoms with Crippen LogP contribution in [0.4, 0.5) is 0 Å². The Kier molecular flexibility index (Phi) is 8.21. The number of carbonyl (C=O) groups is 2. The Morgan fingerprint density at radius 2 is 1.57 bits per heavy atom. The standard InChI is InChI=1S/C18H22O5/c1-4-7-12-23-15-10-8-14(9-11-15)13-16(17(19)21-5-2)18(20)22-6-3/h4,7-11,13H,5-6,12H2,1-3H3. The monoisotopic (exact) mass is 318 g/mol. The first kappa shape index (κ1) is 18.5. The Balaban J connectivity index is 2.92. The van der Waals surface area contributed by atoms with Crippen LogP contribution in [0.2, 0.25) is 0 Å². The Morgan fingerprint density at radius 1 is 1.00 bits per heavy atom. The fraction of sp³-hybridized carbons (Fsp3) is 0.333. The van der Waals surface area contributed by atoms with Gasteiger partial charge in [-0.3, -0.25) is 0 Å². The maximum atomic E-state index is 11.9. The van der Waals surface area contributed by atoms with E-state index in [0.717, 1.165) is 0 Å². The highest BCUT2D eigenvalue weighted by molar-refractivity contribution is 6.17. The minimum Gasteiger partial charge on any atom is -0.490 e. The van der Waals surface area contributed by atoms with Crippen LogP contribution in [-0.2, 0) is 19.1 Å². The zero-order valence-electron chi connectivity index (χ0n) is 13.7. The zero-order chi connectivity index (χ0) is 17.1.